The summed E-state index contributed by atoms with van der Waals surface area (Å²) in [5.74, 6) is 1.94. The number of Topliss-reactive ketones (excluding diaryl/α,β-unsaturated/α-hetero) is 1. The van der Waals surface area contributed by atoms with Crippen LogP contribution in [0.2, 0.25) is 5.02 Å². The second-order valence-corrected chi connectivity index (χ2v) is 14.2. The van der Waals surface area contributed by atoms with Gasteiger partial charge in [0.1, 0.15) is 6.04 Å². The van der Waals surface area contributed by atoms with E-state index >= 15 is 0 Å². The van der Waals surface area contributed by atoms with E-state index in [-0.39, 0.29) is 35.6 Å². The Morgan fingerprint density at radius 1 is 0.773 bits per heavy atom. The van der Waals surface area contributed by atoms with Crippen LogP contribution in [0.3, 0.4) is 0 Å². The number of likely N-dealkylation sites (tertiary alicyclic amines) is 1. The third-order valence-corrected chi connectivity index (χ3v) is 11.0. The molecule has 2 N–H and O–H groups in total. The number of hydrogen-bond acceptors (Lipinski definition) is 3. The molecule has 5 aliphatic rings. The molecule has 44 heavy (non-hydrogen) atoms. The molecular formula is C37H40ClN3O3. The number of amides is 3. The maximum atomic E-state index is 14.6. The zero-order valence-corrected chi connectivity index (χ0v) is 25.7. The largest absolute Gasteiger partial charge is 0.327 e. The molecule has 4 bridgehead atoms. The molecule has 4 aliphatic carbocycles. The van der Waals surface area contributed by atoms with Gasteiger partial charge in [0.15, 0.2) is 5.78 Å². The summed E-state index contributed by atoms with van der Waals surface area (Å²) < 4.78 is 0. The van der Waals surface area contributed by atoms with Gasteiger partial charge in [-0.05, 0) is 104 Å². The van der Waals surface area contributed by atoms with Gasteiger partial charge in [0.2, 0.25) is 5.91 Å². The normalized spacial score (nSPS) is 30.9. The van der Waals surface area contributed by atoms with E-state index in [1.807, 2.05) is 41.3 Å². The monoisotopic (exact) mass is 609 g/mol. The molecule has 6 nitrogen and oxygen atoms in total. The summed E-state index contributed by atoms with van der Waals surface area (Å²) in [5, 5.41) is 6.34. The first-order valence-corrected chi connectivity index (χ1v) is 16.5. The number of nitrogens with one attached hydrogen (secondary N) is 2. The average molecular weight is 610 g/mol. The molecule has 0 spiro atoms. The molecule has 3 amide bonds. The summed E-state index contributed by atoms with van der Waals surface area (Å²) in [6, 6.07) is 25.7. The van der Waals surface area contributed by atoms with E-state index in [1.165, 1.54) is 19.3 Å². The number of benzene rings is 3. The van der Waals surface area contributed by atoms with Crippen LogP contribution < -0.4 is 10.6 Å². The number of ketones is 1. The summed E-state index contributed by atoms with van der Waals surface area (Å²) in [4.78, 5) is 44.2. The number of nitrogens with zero attached hydrogens (tertiary/aromatic N) is 1. The lowest BCUT2D eigenvalue weighted by molar-refractivity contribution is -0.150. The van der Waals surface area contributed by atoms with Gasteiger partial charge in [-0.25, -0.2) is 4.79 Å². The molecule has 3 unspecified atom stereocenters. The minimum Gasteiger partial charge on any atom is -0.327 e. The number of rotatable bonds is 7. The molecular weight excluding hydrogens is 570 g/mol. The van der Waals surface area contributed by atoms with Gasteiger partial charge in [0.25, 0.3) is 0 Å². The van der Waals surface area contributed by atoms with Crippen LogP contribution >= 0.6 is 11.6 Å². The fourth-order valence-electron chi connectivity index (χ4n) is 9.20. The Morgan fingerprint density at radius 2 is 1.39 bits per heavy atom. The number of anilines is 1. The molecule has 0 aromatic heterocycles. The molecule has 7 heteroatoms. The molecule has 1 aliphatic heterocycles. The SMILES string of the molecule is O=C(Nc1cccc(Cl)c1)NC1CC(c2ccccc2)CC(c2ccccc2)N(CC(=O)C23CC4CC(CC(C4)C2)C3)C1=O. The minimum absolute atomic E-state index is 0.00137. The number of carbonyl (C=O) groups excluding carboxylic acids is 3. The first-order chi connectivity index (χ1) is 21.3. The number of carbonyl (C=O) groups is 3. The first-order valence-electron chi connectivity index (χ1n) is 16.1. The molecule has 0 radical (unpaired) electrons. The summed E-state index contributed by atoms with van der Waals surface area (Å²) in [7, 11) is 0. The third kappa shape index (κ3) is 5.89. The molecule has 1 heterocycles. The van der Waals surface area contributed by atoms with E-state index in [9.17, 15) is 14.4 Å². The van der Waals surface area contributed by atoms with Crippen LogP contribution in [-0.4, -0.2) is 35.2 Å². The highest BCUT2D eigenvalue weighted by Gasteiger charge is 2.55. The predicted octanol–water partition coefficient (Wildman–Crippen LogP) is 7.76. The van der Waals surface area contributed by atoms with Crippen molar-refractivity contribution in [3.05, 3.63) is 101 Å². The van der Waals surface area contributed by atoms with Crippen molar-refractivity contribution in [2.45, 2.75) is 69.4 Å². The van der Waals surface area contributed by atoms with Crippen LogP contribution in [0.5, 0.6) is 0 Å². The fraction of sp³-hybridized carbons (Fsp3) is 0.432. The highest BCUT2D eigenvalue weighted by Crippen LogP contribution is 2.60. The van der Waals surface area contributed by atoms with Crippen molar-refractivity contribution >= 4 is 35.0 Å². The second kappa shape index (κ2) is 12.0. The lowest BCUT2D eigenvalue weighted by Gasteiger charge is -2.56. The van der Waals surface area contributed by atoms with Crippen LogP contribution in [0.15, 0.2) is 84.9 Å². The Bertz CT molecular complexity index is 1490. The Hall–Kier alpha value is -3.64. The van der Waals surface area contributed by atoms with Crippen LogP contribution in [0, 0.1) is 23.2 Å². The van der Waals surface area contributed by atoms with Gasteiger partial charge < -0.3 is 15.5 Å². The third-order valence-electron chi connectivity index (χ3n) is 10.8. The first kappa shape index (κ1) is 29.1. The maximum Gasteiger partial charge on any atom is 0.319 e. The zero-order chi connectivity index (χ0) is 30.3. The summed E-state index contributed by atoms with van der Waals surface area (Å²) in [6.45, 7) is 0.0835. The van der Waals surface area contributed by atoms with Crippen molar-refractivity contribution in [3.63, 3.8) is 0 Å². The second-order valence-electron chi connectivity index (χ2n) is 13.8. The van der Waals surface area contributed by atoms with E-state index < -0.39 is 12.1 Å². The van der Waals surface area contributed by atoms with E-state index in [0.29, 0.717) is 41.3 Å². The van der Waals surface area contributed by atoms with Gasteiger partial charge >= 0.3 is 6.03 Å². The lowest BCUT2D eigenvalue weighted by Crippen LogP contribution is -2.55. The van der Waals surface area contributed by atoms with Crippen LogP contribution in [-0.2, 0) is 9.59 Å². The number of urea groups is 1. The Balaban J connectivity index is 1.21. The highest BCUT2D eigenvalue weighted by atomic mass is 35.5. The van der Waals surface area contributed by atoms with Crippen LogP contribution in [0.4, 0.5) is 10.5 Å². The van der Waals surface area contributed by atoms with Crippen molar-refractivity contribution < 1.29 is 14.4 Å². The van der Waals surface area contributed by atoms with Crippen molar-refractivity contribution in [1.82, 2.24) is 10.2 Å². The minimum atomic E-state index is -0.794. The summed E-state index contributed by atoms with van der Waals surface area (Å²) >= 11 is 6.14. The standard InChI is InChI=1S/C37H40ClN3O3/c38-30-12-7-13-31(19-30)39-36(44)40-32-17-29(27-8-3-1-4-9-27)18-33(28-10-5-2-6-11-28)41(35(32)43)23-34(42)37-20-24-14-25(21-37)16-26(15-24)22-37/h1-13,19,24-26,29,32-33H,14-18,20-23H2,(H2,39,40,44). The quantitative estimate of drug-likeness (QED) is 0.287. The van der Waals surface area contributed by atoms with Crippen molar-refractivity contribution in [2.75, 3.05) is 11.9 Å². The zero-order valence-electron chi connectivity index (χ0n) is 25.0. The van der Waals surface area contributed by atoms with Gasteiger partial charge in [-0.1, -0.05) is 78.3 Å². The Kier molecular flexibility index (Phi) is 7.96. The fourth-order valence-corrected chi connectivity index (χ4v) is 9.39. The van der Waals surface area contributed by atoms with Gasteiger partial charge in [-0.2, -0.15) is 0 Å². The molecule has 3 aromatic carbocycles. The topological polar surface area (TPSA) is 78.5 Å². The van der Waals surface area contributed by atoms with Crippen molar-refractivity contribution in [2.24, 2.45) is 23.2 Å². The van der Waals surface area contributed by atoms with Gasteiger partial charge in [0.05, 0.1) is 12.6 Å². The van der Waals surface area contributed by atoms with Gasteiger partial charge in [-0.3, -0.25) is 9.59 Å². The van der Waals surface area contributed by atoms with Gasteiger partial charge in [0, 0.05) is 16.1 Å². The number of hydrogen-bond donors (Lipinski definition) is 2. The molecule has 8 rings (SSSR count). The molecule has 3 atom stereocenters. The van der Waals surface area contributed by atoms with E-state index in [2.05, 4.69) is 34.9 Å². The van der Waals surface area contributed by atoms with Crippen LogP contribution in [0.1, 0.15) is 74.5 Å². The average Bonchev–Trinajstić information content (AvgIpc) is 3.14. The Morgan fingerprint density at radius 3 is 2.00 bits per heavy atom. The summed E-state index contributed by atoms with van der Waals surface area (Å²) in [6.07, 6.45) is 7.78. The maximum absolute atomic E-state index is 14.6. The molecule has 3 aromatic rings. The molecule has 4 saturated carbocycles. The molecule has 228 valence electrons. The van der Waals surface area contributed by atoms with Crippen molar-refractivity contribution in [3.8, 4) is 0 Å². The van der Waals surface area contributed by atoms with Gasteiger partial charge in [-0.15, -0.1) is 0 Å². The Labute approximate surface area is 264 Å². The highest BCUT2D eigenvalue weighted by molar-refractivity contribution is 6.30. The van der Waals surface area contributed by atoms with Crippen LogP contribution in [0.25, 0.3) is 0 Å². The molecule has 5 fully saturated rings. The van der Waals surface area contributed by atoms with E-state index in [0.717, 1.165) is 30.4 Å². The van der Waals surface area contributed by atoms with E-state index in [1.54, 1.807) is 24.3 Å². The molecule has 1 saturated heterocycles. The number of halogens is 1. The smallest absolute Gasteiger partial charge is 0.319 e. The lowest BCUT2D eigenvalue weighted by atomic mass is 9.48. The summed E-state index contributed by atoms with van der Waals surface area (Å²) in [5.41, 5.74) is 2.38. The van der Waals surface area contributed by atoms with E-state index in [4.69, 9.17) is 11.6 Å². The van der Waals surface area contributed by atoms with Crippen molar-refractivity contribution in [1.29, 1.82) is 0 Å². The predicted molar refractivity (Wildman–Crippen MR) is 172 cm³/mol.